The van der Waals surface area contributed by atoms with E-state index in [9.17, 15) is 43.8 Å². The molecule has 7 atom stereocenters. The smallest absolute Gasteiger partial charge is 0.326 e. The van der Waals surface area contributed by atoms with Gasteiger partial charge in [0, 0.05) is 31.5 Å². The Bertz CT molecular complexity index is 2020. The Morgan fingerprint density at radius 2 is 1.29 bits per heavy atom. The summed E-state index contributed by atoms with van der Waals surface area (Å²) in [4.78, 5) is 99.3. The van der Waals surface area contributed by atoms with Crippen LogP contribution in [0.5, 0.6) is 5.75 Å². The van der Waals surface area contributed by atoms with Crippen molar-refractivity contribution in [3.05, 3.63) is 29.8 Å². The van der Waals surface area contributed by atoms with Gasteiger partial charge < -0.3 is 63.8 Å². The van der Waals surface area contributed by atoms with E-state index in [1.165, 1.54) is 17.0 Å². The number of benzene rings is 1. The standard InChI is InChI=1S/C49H78N12O9/c1-5-28(4)39(43(66)58-37(45(68)69)19-27(2)3)60-41(64)36(23-29-12-14-33(62)15-13-29)57-42(65)38-11-8-18-61(38)44(67)35(10-7-17-55-48(52)53)56-40(63)34(9-6-16-54-47(50)51)59-46(70)49-24-30-20-31(25-49)22-32(21-30)26-49/h12-15,27-28,30-32,34-39,62H,5-11,16-26H2,1-4H3,(H,56,63)(H,57,65)(H,58,66)(H,59,70)(H,60,64)(H,68,69)(H4,50,51,54)(H4,52,53,55)/t28-,30?,31?,32?,34-,35-,36-,37-,38-,39-,49?/m0/s1. The Morgan fingerprint density at radius 1 is 0.743 bits per heavy atom. The van der Waals surface area contributed by atoms with Crippen molar-refractivity contribution in [3.8, 4) is 5.75 Å². The molecule has 21 nitrogen and oxygen atoms in total. The first-order chi connectivity index (χ1) is 33.2. The number of carboxylic acids is 1. The van der Waals surface area contributed by atoms with Crippen molar-refractivity contribution in [1.29, 1.82) is 10.8 Å². The van der Waals surface area contributed by atoms with Crippen LogP contribution in [0, 0.1) is 45.8 Å². The number of rotatable bonds is 26. The van der Waals surface area contributed by atoms with Crippen molar-refractivity contribution in [2.75, 3.05) is 19.6 Å². The highest BCUT2D eigenvalue weighted by atomic mass is 16.4. The number of nitrogens with one attached hydrogen (secondary N) is 9. The average Bonchev–Trinajstić information content (AvgIpc) is 3.79. The summed E-state index contributed by atoms with van der Waals surface area (Å²) in [5.74, 6) is -4.12. The van der Waals surface area contributed by atoms with Crippen LogP contribution in [0.4, 0.5) is 0 Å². The van der Waals surface area contributed by atoms with Crippen molar-refractivity contribution >= 4 is 53.3 Å². The zero-order valence-corrected chi connectivity index (χ0v) is 41.2. The molecule has 1 aliphatic heterocycles. The van der Waals surface area contributed by atoms with E-state index in [0.29, 0.717) is 42.6 Å². The van der Waals surface area contributed by atoms with Crippen LogP contribution in [0.15, 0.2) is 24.3 Å². The molecule has 1 saturated heterocycles. The molecule has 21 heteroatoms. The molecule has 388 valence electrons. The molecule has 0 unspecified atom stereocenters. The highest BCUT2D eigenvalue weighted by Gasteiger charge is 2.55. The molecule has 4 saturated carbocycles. The predicted octanol–water partition coefficient (Wildman–Crippen LogP) is 1.27. The quantitative estimate of drug-likeness (QED) is 0.0354. The first-order valence-electron chi connectivity index (χ1n) is 25.2. The second-order valence-corrected chi connectivity index (χ2v) is 20.8. The van der Waals surface area contributed by atoms with E-state index in [1.807, 2.05) is 20.8 Å². The molecule has 5 aliphatic rings. The molecule has 70 heavy (non-hydrogen) atoms. The first-order valence-corrected chi connectivity index (χ1v) is 25.2. The van der Waals surface area contributed by atoms with Crippen LogP contribution in [0.25, 0.3) is 0 Å². The van der Waals surface area contributed by atoms with Crippen LogP contribution in [0.2, 0.25) is 0 Å². The van der Waals surface area contributed by atoms with Gasteiger partial charge in [0.2, 0.25) is 35.4 Å². The average molecular weight is 979 g/mol. The number of guanidine groups is 2. The molecule has 1 aromatic rings. The maximum atomic E-state index is 14.7. The van der Waals surface area contributed by atoms with Gasteiger partial charge in [0.15, 0.2) is 11.9 Å². The van der Waals surface area contributed by atoms with Gasteiger partial charge >= 0.3 is 5.97 Å². The maximum absolute atomic E-state index is 14.7. The lowest BCUT2D eigenvalue weighted by atomic mass is 9.49. The molecule has 4 bridgehead atoms. The van der Waals surface area contributed by atoms with E-state index in [-0.39, 0.29) is 87.7 Å². The Hall–Kier alpha value is -6.15. The van der Waals surface area contributed by atoms with Gasteiger partial charge in [-0.15, -0.1) is 0 Å². The van der Waals surface area contributed by atoms with Crippen LogP contribution >= 0.6 is 0 Å². The summed E-state index contributed by atoms with van der Waals surface area (Å²) in [5.41, 5.74) is 11.1. The number of aromatic hydroxyl groups is 1. The summed E-state index contributed by atoms with van der Waals surface area (Å²) in [7, 11) is 0. The number of carboxylic acid groups (broad SMARTS) is 1. The molecule has 15 N–H and O–H groups in total. The Labute approximate surface area is 410 Å². The summed E-state index contributed by atoms with van der Waals surface area (Å²) in [6.07, 6.45) is 7.87. The van der Waals surface area contributed by atoms with Crippen LogP contribution in [0.3, 0.4) is 0 Å². The molecule has 4 aliphatic carbocycles. The summed E-state index contributed by atoms with van der Waals surface area (Å²) in [5, 5.41) is 54.6. The molecular formula is C49H78N12O9. The topological polar surface area (TPSA) is 347 Å². The largest absolute Gasteiger partial charge is 0.508 e. The number of aliphatic carboxylic acids is 1. The van der Waals surface area contributed by atoms with Gasteiger partial charge in [-0.25, -0.2) is 4.79 Å². The summed E-state index contributed by atoms with van der Waals surface area (Å²) >= 11 is 0. The lowest BCUT2D eigenvalue weighted by molar-refractivity contribution is -0.149. The molecule has 5 fully saturated rings. The molecule has 0 aromatic heterocycles. The predicted molar refractivity (Wildman–Crippen MR) is 262 cm³/mol. The van der Waals surface area contributed by atoms with Crippen molar-refractivity contribution in [3.63, 3.8) is 0 Å². The number of nitrogens with zero attached hydrogens (tertiary/aromatic N) is 1. The van der Waals surface area contributed by atoms with Crippen molar-refractivity contribution in [2.24, 2.45) is 46.5 Å². The second kappa shape index (κ2) is 25.1. The molecule has 6 amide bonds. The van der Waals surface area contributed by atoms with Gasteiger partial charge in [-0.1, -0.05) is 46.2 Å². The molecule has 1 heterocycles. The maximum Gasteiger partial charge on any atom is 0.326 e. The van der Waals surface area contributed by atoms with Gasteiger partial charge in [0.1, 0.15) is 42.0 Å². The zero-order valence-electron chi connectivity index (χ0n) is 41.2. The number of nitrogens with two attached hydrogens (primary N) is 2. The van der Waals surface area contributed by atoms with E-state index in [4.69, 9.17) is 22.3 Å². The molecule has 6 rings (SSSR count). The number of carbonyl (C=O) groups excluding carboxylic acids is 6. The second-order valence-electron chi connectivity index (χ2n) is 20.8. The number of hydrogen-bond acceptors (Lipinski definition) is 10. The highest BCUT2D eigenvalue weighted by molar-refractivity contribution is 5.97. The third kappa shape index (κ3) is 15.2. The van der Waals surface area contributed by atoms with E-state index < -0.39 is 83.1 Å². The van der Waals surface area contributed by atoms with Crippen molar-refractivity contribution in [2.45, 2.75) is 160 Å². The number of hydrogen-bond donors (Lipinski definition) is 13. The summed E-state index contributed by atoms with van der Waals surface area (Å²) in [6.45, 7) is 7.87. The third-order valence-corrected chi connectivity index (χ3v) is 14.7. The van der Waals surface area contributed by atoms with Gasteiger partial charge in [-0.05, 0) is 131 Å². The van der Waals surface area contributed by atoms with Gasteiger partial charge in [-0.2, -0.15) is 0 Å². The van der Waals surface area contributed by atoms with Gasteiger partial charge in [0.05, 0.1) is 0 Å². The number of likely N-dealkylation sites (tertiary alicyclic amines) is 1. The number of phenols is 1. The molecule has 0 spiro atoms. The lowest BCUT2D eigenvalue weighted by Gasteiger charge is -2.55. The lowest BCUT2D eigenvalue weighted by Crippen LogP contribution is -2.61. The molecular weight excluding hydrogens is 901 g/mol. The number of phenolic OH excluding ortho intramolecular Hbond substituents is 1. The van der Waals surface area contributed by atoms with Gasteiger partial charge in [-0.3, -0.25) is 39.6 Å². The Balaban J connectivity index is 1.36. The van der Waals surface area contributed by atoms with Gasteiger partial charge in [0.25, 0.3) is 0 Å². The number of amides is 6. The van der Waals surface area contributed by atoms with E-state index in [1.54, 1.807) is 19.1 Å². The highest BCUT2D eigenvalue weighted by Crippen LogP contribution is 2.60. The summed E-state index contributed by atoms with van der Waals surface area (Å²) in [6, 6.07) is -0.868. The van der Waals surface area contributed by atoms with Crippen LogP contribution in [0.1, 0.15) is 123 Å². The van der Waals surface area contributed by atoms with Crippen LogP contribution in [-0.4, -0.2) is 124 Å². The SMILES string of the molecule is CC[C@H](C)[C@H](NC(=O)[C@H](Cc1ccc(O)cc1)NC(=O)[C@@H]1CCCN1C(=O)[C@H](CCCNC(=N)N)NC(=O)[C@H](CCCNC(=N)N)NC(=O)C12CC3CC(CC(C3)C1)C2)C(=O)N[C@@H](CC(C)C)C(=O)O. The fraction of sp³-hybridized carbons (Fsp3) is 0.694. The van der Waals surface area contributed by atoms with E-state index >= 15 is 0 Å². The normalized spacial score (nSPS) is 23.7. The minimum Gasteiger partial charge on any atom is -0.508 e. The van der Waals surface area contributed by atoms with E-state index in [2.05, 4.69) is 37.2 Å². The molecule has 1 aromatic carbocycles. The van der Waals surface area contributed by atoms with Crippen molar-refractivity contribution in [1.82, 2.24) is 42.1 Å². The Kier molecular flexibility index (Phi) is 19.7. The minimum atomic E-state index is -1.29. The van der Waals surface area contributed by atoms with E-state index in [0.717, 1.165) is 38.5 Å². The summed E-state index contributed by atoms with van der Waals surface area (Å²) < 4.78 is 0. The fourth-order valence-electron chi connectivity index (χ4n) is 11.3. The minimum absolute atomic E-state index is 0.0168. The zero-order chi connectivity index (χ0) is 51.3. The third-order valence-electron chi connectivity index (χ3n) is 14.7. The molecule has 0 radical (unpaired) electrons. The fourth-order valence-corrected chi connectivity index (χ4v) is 11.3. The number of carbonyl (C=O) groups is 7. The monoisotopic (exact) mass is 979 g/mol. The van der Waals surface area contributed by atoms with Crippen molar-refractivity contribution < 1.29 is 43.8 Å². The van der Waals surface area contributed by atoms with Crippen LogP contribution in [-0.2, 0) is 40.0 Å². The van der Waals surface area contributed by atoms with Crippen LogP contribution < -0.4 is 48.7 Å². The first kappa shape index (κ1) is 54.8. The Morgan fingerprint density at radius 3 is 1.81 bits per heavy atom.